The van der Waals surface area contributed by atoms with Gasteiger partial charge in [-0.05, 0) is 26.3 Å². The van der Waals surface area contributed by atoms with Crippen LogP contribution in [0.4, 0.5) is 10.1 Å². The molecule has 1 aliphatic rings. The largest absolute Gasteiger partial charge is 0.378 e. The second-order valence-corrected chi connectivity index (χ2v) is 6.94. The van der Waals surface area contributed by atoms with E-state index in [0.717, 1.165) is 36.5 Å². The summed E-state index contributed by atoms with van der Waals surface area (Å²) in [6.45, 7) is 9.90. The number of halogens is 1. The van der Waals surface area contributed by atoms with Crippen molar-refractivity contribution in [1.29, 1.82) is 0 Å². The van der Waals surface area contributed by atoms with Gasteiger partial charge in [-0.3, -0.25) is 4.79 Å². The summed E-state index contributed by atoms with van der Waals surface area (Å²) in [5.74, 6) is -0.357. The number of anilines is 1. The van der Waals surface area contributed by atoms with Crippen molar-refractivity contribution in [3.8, 4) is 0 Å². The Kier molecular flexibility index (Phi) is 6.16. The smallest absolute Gasteiger partial charge is 0.268 e. The minimum Gasteiger partial charge on any atom is -0.378 e. The van der Waals surface area contributed by atoms with Gasteiger partial charge in [0.25, 0.3) is 5.91 Å². The maximum absolute atomic E-state index is 14.3. The Morgan fingerprint density at radius 2 is 1.93 bits per heavy atom. The third-order valence-corrected chi connectivity index (χ3v) is 5.09. The van der Waals surface area contributed by atoms with E-state index >= 15 is 0 Å². The molecule has 1 fully saturated rings. The SMILES string of the molecule is CCCNC(=O)c1c(C)c(N2CCOCC2)c(C)n1Cc1ccccc1F. The summed E-state index contributed by atoms with van der Waals surface area (Å²) >= 11 is 0. The van der Waals surface area contributed by atoms with Gasteiger partial charge in [0.15, 0.2) is 0 Å². The number of carbonyl (C=O) groups excluding carboxylic acids is 1. The molecule has 1 aromatic heterocycles. The average molecular weight is 373 g/mol. The number of rotatable bonds is 6. The van der Waals surface area contributed by atoms with Gasteiger partial charge in [-0.1, -0.05) is 25.1 Å². The molecule has 27 heavy (non-hydrogen) atoms. The summed E-state index contributed by atoms with van der Waals surface area (Å²) < 4.78 is 21.7. The van der Waals surface area contributed by atoms with E-state index in [2.05, 4.69) is 10.2 Å². The molecule has 0 spiro atoms. The number of morpholine rings is 1. The molecule has 1 amide bonds. The Labute approximate surface area is 160 Å². The Morgan fingerprint density at radius 3 is 2.59 bits per heavy atom. The van der Waals surface area contributed by atoms with E-state index in [1.165, 1.54) is 6.07 Å². The van der Waals surface area contributed by atoms with E-state index in [9.17, 15) is 9.18 Å². The fourth-order valence-corrected chi connectivity index (χ4v) is 3.74. The van der Waals surface area contributed by atoms with Crippen LogP contribution in [0.2, 0.25) is 0 Å². The number of carbonyl (C=O) groups is 1. The monoisotopic (exact) mass is 373 g/mol. The zero-order valence-electron chi connectivity index (χ0n) is 16.3. The van der Waals surface area contributed by atoms with Crippen LogP contribution in [-0.2, 0) is 11.3 Å². The Balaban J connectivity index is 2.05. The quantitative estimate of drug-likeness (QED) is 0.845. The van der Waals surface area contributed by atoms with E-state index in [0.29, 0.717) is 37.6 Å². The van der Waals surface area contributed by atoms with Gasteiger partial charge >= 0.3 is 0 Å². The summed E-state index contributed by atoms with van der Waals surface area (Å²) in [5.41, 5.74) is 4.19. The zero-order valence-corrected chi connectivity index (χ0v) is 16.3. The normalized spacial score (nSPS) is 14.4. The molecule has 0 bridgehead atoms. The van der Waals surface area contributed by atoms with Gasteiger partial charge in [-0.25, -0.2) is 4.39 Å². The fraction of sp³-hybridized carbons (Fsp3) is 0.476. The Morgan fingerprint density at radius 1 is 1.22 bits per heavy atom. The van der Waals surface area contributed by atoms with Crippen molar-refractivity contribution >= 4 is 11.6 Å². The third kappa shape index (κ3) is 4.00. The van der Waals surface area contributed by atoms with Crippen LogP contribution < -0.4 is 10.2 Å². The van der Waals surface area contributed by atoms with Crippen molar-refractivity contribution in [2.24, 2.45) is 0 Å². The molecule has 5 nitrogen and oxygen atoms in total. The van der Waals surface area contributed by atoms with Crippen LogP contribution in [0.15, 0.2) is 24.3 Å². The number of hydrogen-bond acceptors (Lipinski definition) is 3. The molecule has 6 heteroatoms. The predicted octanol–water partition coefficient (Wildman–Crippen LogP) is 3.27. The summed E-state index contributed by atoms with van der Waals surface area (Å²) in [6.07, 6.45) is 0.869. The number of ether oxygens (including phenoxy) is 1. The Hall–Kier alpha value is -2.34. The maximum Gasteiger partial charge on any atom is 0.268 e. The second-order valence-electron chi connectivity index (χ2n) is 6.94. The highest BCUT2D eigenvalue weighted by Crippen LogP contribution is 2.32. The first-order chi connectivity index (χ1) is 13.0. The van der Waals surface area contributed by atoms with Gasteiger partial charge in [0.05, 0.1) is 25.4 Å². The minimum absolute atomic E-state index is 0.103. The lowest BCUT2D eigenvalue weighted by atomic mass is 10.1. The maximum atomic E-state index is 14.3. The molecule has 1 saturated heterocycles. The van der Waals surface area contributed by atoms with Crippen LogP contribution in [0.5, 0.6) is 0 Å². The molecular weight excluding hydrogens is 345 g/mol. The van der Waals surface area contributed by atoms with E-state index in [-0.39, 0.29) is 11.7 Å². The molecule has 0 atom stereocenters. The van der Waals surface area contributed by atoms with Crippen molar-refractivity contribution in [2.75, 3.05) is 37.7 Å². The minimum atomic E-state index is -0.254. The first-order valence-electron chi connectivity index (χ1n) is 9.58. The lowest BCUT2D eigenvalue weighted by molar-refractivity contribution is 0.0944. The third-order valence-electron chi connectivity index (χ3n) is 5.09. The summed E-state index contributed by atoms with van der Waals surface area (Å²) in [4.78, 5) is 15.2. The van der Waals surface area contributed by atoms with E-state index < -0.39 is 0 Å². The highest BCUT2D eigenvalue weighted by molar-refractivity contribution is 5.96. The van der Waals surface area contributed by atoms with Crippen molar-refractivity contribution in [2.45, 2.75) is 33.7 Å². The summed E-state index contributed by atoms with van der Waals surface area (Å²) in [5, 5.41) is 2.98. The number of amides is 1. The van der Waals surface area contributed by atoms with Crippen LogP contribution in [0.25, 0.3) is 0 Å². The number of hydrogen-bond donors (Lipinski definition) is 1. The topological polar surface area (TPSA) is 46.5 Å². The molecular formula is C21H28FN3O2. The van der Waals surface area contributed by atoms with Crippen LogP contribution in [0, 0.1) is 19.7 Å². The van der Waals surface area contributed by atoms with E-state index in [4.69, 9.17) is 4.74 Å². The van der Waals surface area contributed by atoms with Gasteiger partial charge in [-0.2, -0.15) is 0 Å². The van der Waals surface area contributed by atoms with E-state index in [1.807, 2.05) is 31.4 Å². The van der Waals surface area contributed by atoms with Crippen molar-refractivity contribution in [3.05, 3.63) is 52.6 Å². The first-order valence-corrected chi connectivity index (χ1v) is 9.58. The summed E-state index contributed by atoms with van der Waals surface area (Å²) in [7, 11) is 0. The fourth-order valence-electron chi connectivity index (χ4n) is 3.74. The lowest BCUT2D eigenvalue weighted by Gasteiger charge is -2.29. The zero-order chi connectivity index (χ0) is 19.4. The molecule has 0 unspecified atom stereocenters. The highest BCUT2D eigenvalue weighted by atomic mass is 19.1. The standard InChI is InChI=1S/C21H28FN3O2/c1-4-9-23-21(26)20-15(2)19(24-10-12-27-13-11-24)16(3)25(20)14-17-7-5-6-8-18(17)22/h5-8H,4,9-14H2,1-3H3,(H,23,26). The van der Waals surface area contributed by atoms with E-state index in [1.54, 1.807) is 12.1 Å². The molecule has 1 aromatic carbocycles. The van der Waals surface area contributed by atoms with Crippen LogP contribution in [-0.4, -0.2) is 43.3 Å². The molecule has 1 aliphatic heterocycles. The lowest BCUT2D eigenvalue weighted by Crippen LogP contribution is -2.36. The predicted molar refractivity (Wildman–Crippen MR) is 105 cm³/mol. The first kappa shape index (κ1) is 19.4. The molecule has 0 aliphatic carbocycles. The van der Waals surface area contributed by atoms with Gasteiger partial charge < -0.3 is 19.5 Å². The van der Waals surface area contributed by atoms with Crippen molar-refractivity contribution in [3.63, 3.8) is 0 Å². The molecule has 146 valence electrons. The van der Waals surface area contributed by atoms with Gasteiger partial charge in [0, 0.05) is 36.5 Å². The molecule has 2 heterocycles. The Bertz CT molecular complexity index is 810. The molecule has 0 saturated carbocycles. The average Bonchev–Trinajstić information content (AvgIpc) is 2.92. The number of aromatic nitrogens is 1. The van der Waals surface area contributed by atoms with Gasteiger partial charge in [0.1, 0.15) is 11.5 Å². The van der Waals surface area contributed by atoms with Gasteiger partial charge in [0.2, 0.25) is 0 Å². The van der Waals surface area contributed by atoms with Crippen molar-refractivity contribution in [1.82, 2.24) is 9.88 Å². The summed E-state index contributed by atoms with van der Waals surface area (Å²) in [6, 6.07) is 6.73. The van der Waals surface area contributed by atoms with Gasteiger partial charge in [-0.15, -0.1) is 0 Å². The molecule has 1 N–H and O–H groups in total. The second kappa shape index (κ2) is 8.57. The van der Waals surface area contributed by atoms with Crippen LogP contribution >= 0.6 is 0 Å². The van der Waals surface area contributed by atoms with Crippen molar-refractivity contribution < 1.29 is 13.9 Å². The van der Waals surface area contributed by atoms with Crippen LogP contribution in [0.3, 0.4) is 0 Å². The van der Waals surface area contributed by atoms with Crippen LogP contribution in [0.1, 0.15) is 40.7 Å². The molecule has 3 rings (SSSR count). The number of benzene rings is 1. The number of nitrogens with one attached hydrogen (secondary N) is 1. The molecule has 0 radical (unpaired) electrons. The molecule has 2 aromatic rings. The highest BCUT2D eigenvalue weighted by Gasteiger charge is 2.27. The number of nitrogens with zero attached hydrogens (tertiary/aromatic N) is 2.